The number of fused-ring (bicyclic) bond motifs is 1. The van der Waals surface area contributed by atoms with Gasteiger partial charge in [-0.05, 0) is 29.7 Å². The van der Waals surface area contributed by atoms with Crippen LogP contribution in [0.1, 0.15) is 36.8 Å². The van der Waals surface area contributed by atoms with Crippen molar-refractivity contribution in [3.05, 3.63) is 65.5 Å². The quantitative estimate of drug-likeness (QED) is 0.628. The highest BCUT2D eigenvalue weighted by Crippen LogP contribution is 2.37. The number of nitrogens with one attached hydrogen (secondary N) is 2. The molecule has 2 aromatic carbocycles. The lowest BCUT2D eigenvalue weighted by Gasteiger charge is -2.33. The number of aromatic nitrogens is 3. The van der Waals surface area contributed by atoms with E-state index >= 15 is 0 Å². The zero-order valence-electron chi connectivity index (χ0n) is 17.3. The molecule has 0 unspecified atom stereocenters. The highest BCUT2D eigenvalue weighted by atomic mass is 32.2. The predicted octanol–water partition coefficient (Wildman–Crippen LogP) is 3.81. The Balaban J connectivity index is 1.65. The van der Waals surface area contributed by atoms with E-state index in [1.807, 2.05) is 35.9 Å². The van der Waals surface area contributed by atoms with Crippen molar-refractivity contribution in [2.75, 3.05) is 17.9 Å². The number of rotatable bonds is 6. The number of hydrogen-bond acceptors (Lipinski definition) is 6. The van der Waals surface area contributed by atoms with Gasteiger partial charge in [-0.2, -0.15) is 0 Å². The first-order valence-electron chi connectivity index (χ1n) is 10.0. The molecule has 0 saturated heterocycles. The van der Waals surface area contributed by atoms with Crippen LogP contribution in [0.5, 0.6) is 5.75 Å². The average molecular weight is 424 g/mol. The first-order valence-corrected chi connectivity index (χ1v) is 10.9. The molecule has 2 N–H and O–H groups in total. The van der Waals surface area contributed by atoms with E-state index in [1.54, 1.807) is 7.11 Å². The van der Waals surface area contributed by atoms with Crippen LogP contribution in [-0.4, -0.2) is 33.1 Å². The van der Waals surface area contributed by atoms with Gasteiger partial charge in [-0.25, -0.2) is 4.68 Å². The maximum atomic E-state index is 13.3. The second-order valence-corrected chi connectivity index (χ2v) is 8.16. The maximum absolute atomic E-state index is 13.3. The summed E-state index contributed by atoms with van der Waals surface area (Å²) in [4.78, 5) is 13.3. The van der Waals surface area contributed by atoms with Crippen molar-refractivity contribution in [2.24, 2.45) is 0 Å². The van der Waals surface area contributed by atoms with E-state index in [9.17, 15) is 4.79 Å². The molecule has 1 aliphatic heterocycles. The second kappa shape index (κ2) is 8.79. The average Bonchev–Trinajstić information content (AvgIpc) is 3.20. The number of carbonyl (C=O) groups is 1. The molecule has 0 fully saturated rings. The first kappa shape index (κ1) is 20.3. The molecule has 0 aliphatic carbocycles. The fourth-order valence-electron chi connectivity index (χ4n) is 3.45. The standard InChI is InChI=1S/C22H25N5O2S/c1-4-14-9-11-15(12-10-14)19-20(30-22-25-24-18(5-2)27(22)26-19)21(28)23-16-7-6-8-17(13-16)29-3/h6-13,19-20,26H,4-5H2,1-3H3,(H,23,28)/t19-,20-/m1/s1. The zero-order chi connectivity index (χ0) is 21.1. The highest BCUT2D eigenvalue weighted by Gasteiger charge is 2.37. The van der Waals surface area contributed by atoms with Crippen LogP contribution in [0, 0.1) is 0 Å². The number of aryl methyl sites for hydroxylation is 2. The molecule has 7 nitrogen and oxygen atoms in total. The third-order valence-corrected chi connectivity index (χ3v) is 6.38. The minimum absolute atomic E-state index is 0.0994. The van der Waals surface area contributed by atoms with Gasteiger partial charge in [-0.3, -0.25) is 4.79 Å². The third kappa shape index (κ3) is 4.00. The Morgan fingerprint density at radius 2 is 1.97 bits per heavy atom. The summed E-state index contributed by atoms with van der Waals surface area (Å²) >= 11 is 1.43. The van der Waals surface area contributed by atoms with Gasteiger partial charge in [-0.1, -0.05) is 55.9 Å². The van der Waals surface area contributed by atoms with Gasteiger partial charge in [-0.15, -0.1) is 10.2 Å². The lowest BCUT2D eigenvalue weighted by atomic mass is 10.0. The van der Waals surface area contributed by atoms with Crippen molar-refractivity contribution in [3.63, 3.8) is 0 Å². The number of methoxy groups -OCH3 is 1. The monoisotopic (exact) mass is 423 g/mol. The van der Waals surface area contributed by atoms with E-state index in [0.29, 0.717) is 16.6 Å². The van der Waals surface area contributed by atoms with E-state index in [2.05, 4.69) is 52.1 Å². The van der Waals surface area contributed by atoms with E-state index in [1.165, 1.54) is 17.3 Å². The van der Waals surface area contributed by atoms with Crippen molar-refractivity contribution >= 4 is 23.4 Å². The van der Waals surface area contributed by atoms with Crippen molar-refractivity contribution in [1.82, 2.24) is 14.9 Å². The summed E-state index contributed by atoms with van der Waals surface area (Å²) in [6, 6.07) is 15.5. The largest absolute Gasteiger partial charge is 0.497 e. The first-order chi connectivity index (χ1) is 14.6. The Labute approximate surface area is 180 Å². The Morgan fingerprint density at radius 1 is 1.17 bits per heavy atom. The molecule has 156 valence electrons. The lowest BCUT2D eigenvalue weighted by molar-refractivity contribution is -0.116. The number of carbonyl (C=O) groups excluding carboxylic acids is 1. The van der Waals surface area contributed by atoms with Gasteiger partial charge in [0.2, 0.25) is 11.1 Å². The van der Waals surface area contributed by atoms with E-state index < -0.39 is 5.25 Å². The fraction of sp³-hybridized carbons (Fsp3) is 0.318. The minimum atomic E-state index is -0.412. The number of benzene rings is 2. The molecule has 8 heteroatoms. The molecule has 3 aromatic rings. The summed E-state index contributed by atoms with van der Waals surface area (Å²) < 4.78 is 7.17. The van der Waals surface area contributed by atoms with Crippen molar-refractivity contribution in [3.8, 4) is 5.75 Å². The number of thioether (sulfide) groups is 1. The van der Waals surface area contributed by atoms with E-state index in [4.69, 9.17) is 4.74 Å². The van der Waals surface area contributed by atoms with Crippen molar-refractivity contribution in [1.29, 1.82) is 0 Å². The molecule has 0 saturated carbocycles. The second-order valence-electron chi connectivity index (χ2n) is 7.05. The summed E-state index contributed by atoms with van der Waals surface area (Å²) in [5.74, 6) is 1.44. The van der Waals surface area contributed by atoms with Crippen LogP contribution in [-0.2, 0) is 17.6 Å². The van der Waals surface area contributed by atoms with Crippen LogP contribution in [0.15, 0.2) is 53.7 Å². The summed E-state index contributed by atoms with van der Waals surface area (Å²) in [6.45, 7) is 4.17. The Hall–Kier alpha value is -3.00. The predicted molar refractivity (Wildman–Crippen MR) is 119 cm³/mol. The van der Waals surface area contributed by atoms with Gasteiger partial charge < -0.3 is 15.5 Å². The van der Waals surface area contributed by atoms with Crippen molar-refractivity contribution in [2.45, 2.75) is 43.1 Å². The molecule has 0 radical (unpaired) electrons. The van der Waals surface area contributed by atoms with Gasteiger partial charge in [0, 0.05) is 18.2 Å². The molecular formula is C22H25N5O2S. The molecule has 0 bridgehead atoms. The van der Waals surface area contributed by atoms with Crippen LogP contribution >= 0.6 is 11.8 Å². The number of nitrogens with zero attached hydrogens (tertiary/aromatic N) is 3. The smallest absolute Gasteiger partial charge is 0.240 e. The SMILES string of the molecule is CCc1ccc([C@H]2Nn3c(CC)nnc3S[C@H]2C(=O)Nc2cccc(OC)c2)cc1. The van der Waals surface area contributed by atoms with Crippen LogP contribution in [0.3, 0.4) is 0 Å². The van der Waals surface area contributed by atoms with Gasteiger partial charge in [0.05, 0.1) is 13.2 Å². The van der Waals surface area contributed by atoms with Crippen LogP contribution < -0.4 is 15.5 Å². The summed E-state index contributed by atoms with van der Waals surface area (Å²) in [6.07, 6.45) is 1.73. The van der Waals surface area contributed by atoms with Gasteiger partial charge in [0.1, 0.15) is 11.0 Å². The lowest BCUT2D eigenvalue weighted by Crippen LogP contribution is -2.41. The zero-order valence-corrected chi connectivity index (χ0v) is 18.1. The molecule has 2 atom stereocenters. The Morgan fingerprint density at radius 3 is 2.67 bits per heavy atom. The molecule has 1 amide bonds. The number of anilines is 1. The van der Waals surface area contributed by atoms with Gasteiger partial charge >= 0.3 is 0 Å². The fourth-order valence-corrected chi connectivity index (χ4v) is 4.55. The van der Waals surface area contributed by atoms with Gasteiger partial charge in [0.15, 0.2) is 5.82 Å². The Bertz CT molecular complexity index is 1030. The number of ether oxygens (including phenoxy) is 1. The Kier molecular flexibility index (Phi) is 5.94. The summed E-state index contributed by atoms with van der Waals surface area (Å²) in [5.41, 5.74) is 6.48. The normalized spacial score (nSPS) is 17.7. The van der Waals surface area contributed by atoms with Gasteiger partial charge in [0.25, 0.3) is 0 Å². The summed E-state index contributed by atoms with van der Waals surface area (Å²) in [7, 11) is 1.61. The molecule has 4 rings (SSSR count). The molecule has 1 aliphatic rings. The van der Waals surface area contributed by atoms with E-state index in [-0.39, 0.29) is 11.9 Å². The summed E-state index contributed by atoms with van der Waals surface area (Å²) in [5, 5.41) is 11.8. The van der Waals surface area contributed by atoms with E-state index in [0.717, 1.165) is 24.2 Å². The molecule has 2 heterocycles. The highest BCUT2D eigenvalue weighted by molar-refractivity contribution is 8.00. The maximum Gasteiger partial charge on any atom is 0.240 e. The van der Waals surface area contributed by atoms with Crippen LogP contribution in [0.2, 0.25) is 0 Å². The van der Waals surface area contributed by atoms with Crippen LogP contribution in [0.25, 0.3) is 0 Å². The molecule has 30 heavy (non-hydrogen) atoms. The minimum Gasteiger partial charge on any atom is -0.497 e. The third-order valence-electron chi connectivity index (χ3n) is 5.16. The molecular weight excluding hydrogens is 398 g/mol. The number of hydrogen-bond donors (Lipinski definition) is 2. The topological polar surface area (TPSA) is 81.1 Å². The van der Waals surface area contributed by atoms with Crippen LogP contribution in [0.4, 0.5) is 5.69 Å². The molecule has 1 aromatic heterocycles. The molecule has 0 spiro atoms. The number of amides is 1. The van der Waals surface area contributed by atoms with Crippen molar-refractivity contribution < 1.29 is 9.53 Å².